The number of hydrogen-bond acceptors (Lipinski definition) is 1. The number of rotatable bonds is 1. The van der Waals surface area contributed by atoms with E-state index in [2.05, 4.69) is 5.32 Å². The number of amides is 1. The predicted molar refractivity (Wildman–Crippen MR) is 56.4 cm³/mol. The van der Waals surface area contributed by atoms with Crippen LogP contribution < -0.4 is 5.32 Å². The van der Waals surface area contributed by atoms with Gasteiger partial charge in [0, 0.05) is 23.9 Å². The topological polar surface area (TPSA) is 29.1 Å². The smallest absolute Gasteiger partial charge is 0.220 e. The van der Waals surface area contributed by atoms with Gasteiger partial charge in [-0.3, -0.25) is 4.79 Å². The van der Waals surface area contributed by atoms with Crippen LogP contribution in [-0.2, 0) is 4.79 Å². The van der Waals surface area contributed by atoms with Crippen molar-refractivity contribution in [1.29, 1.82) is 0 Å². The molecule has 1 atom stereocenters. The summed E-state index contributed by atoms with van der Waals surface area (Å²) in [7, 11) is 0. The molecule has 1 heterocycles. The average molecular weight is 210 g/mol. The van der Waals surface area contributed by atoms with Crippen LogP contribution in [0.25, 0.3) is 0 Å². The number of carbonyl (C=O) groups is 1. The van der Waals surface area contributed by atoms with E-state index in [9.17, 15) is 4.79 Å². The van der Waals surface area contributed by atoms with Crippen molar-refractivity contribution < 1.29 is 4.79 Å². The van der Waals surface area contributed by atoms with Crippen molar-refractivity contribution in [2.45, 2.75) is 18.8 Å². The van der Waals surface area contributed by atoms with Crippen LogP contribution in [0.2, 0.25) is 5.02 Å². The molecule has 0 saturated carbocycles. The maximum atomic E-state index is 11.0. The fourth-order valence-corrected chi connectivity index (χ4v) is 1.88. The van der Waals surface area contributed by atoms with E-state index in [-0.39, 0.29) is 5.91 Å². The molecule has 1 fully saturated rings. The van der Waals surface area contributed by atoms with Gasteiger partial charge in [0.25, 0.3) is 0 Å². The first-order valence-electron chi connectivity index (χ1n) is 4.78. The van der Waals surface area contributed by atoms with E-state index in [1.165, 1.54) is 5.56 Å². The molecule has 1 saturated heterocycles. The summed E-state index contributed by atoms with van der Waals surface area (Å²) in [6.45, 7) is 0.750. The fourth-order valence-electron chi connectivity index (χ4n) is 1.75. The monoisotopic (exact) mass is 209 g/mol. The molecule has 0 unspecified atom stereocenters. The second-order valence-electron chi connectivity index (χ2n) is 3.59. The highest BCUT2D eigenvalue weighted by Crippen LogP contribution is 2.24. The van der Waals surface area contributed by atoms with Crippen LogP contribution in [0.4, 0.5) is 0 Å². The Kier molecular flexibility index (Phi) is 2.73. The lowest BCUT2D eigenvalue weighted by molar-refractivity contribution is -0.122. The summed E-state index contributed by atoms with van der Waals surface area (Å²) in [6.07, 6.45) is 1.57. The van der Waals surface area contributed by atoms with Gasteiger partial charge in [0.05, 0.1) is 0 Å². The van der Waals surface area contributed by atoms with E-state index in [4.69, 9.17) is 11.6 Å². The van der Waals surface area contributed by atoms with Crippen molar-refractivity contribution in [3.05, 3.63) is 34.9 Å². The zero-order chi connectivity index (χ0) is 9.97. The molecule has 2 rings (SSSR count). The van der Waals surface area contributed by atoms with Crippen LogP contribution in [0.3, 0.4) is 0 Å². The molecule has 1 aliphatic heterocycles. The zero-order valence-corrected chi connectivity index (χ0v) is 8.55. The SMILES string of the molecule is O=C1CC[C@@H](c2ccc(Cl)cc2)CN1. The van der Waals surface area contributed by atoms with Crippen molar-refractivity contribution in [3.63, 3.8) is 0 Å². The standard InChI is InChI=1S/C11H12ClNO/c12-10-4-1-8(2-5-10)9-3-6-11(14)13-7-9/h1-2,4-5,9H,3,6-7H2,(H,13,14)/t9-/m1/s1. The second-order valence-corrected chi connectivity index (χ2v) is 4.03. The summed E-state index contributed by atoms with van der Waals surface area (Å²) < 4.78 is 0. The average Bonchev–Trinajstić information content (AvgIpc) is 2.21. The maximum absolute atomic E-state index is 11.0. The molecule has 74 valence electrons. The van der Waals surface area contributed by atoms with Crippen molar-refractivity contribution in [3.8, 4) is 0 Å². The van der Waals surface area contributed by atoms with Crippen LogP contribution >= 0.6 is 11.6 Å². The van der Waals surface area contributed by atoms with E-state index in [0.717, 1.165) is 18.0 Å². The molecule has 0 radical (unpaired) electrons. The van der Waals surface area contributed by atoms with E-state index in [0.29, 0.717) is 12.3 Å². The number of carbonyl (C=O) groups excluding carboxylic acids is 1. The number of hydrogen-bond donors (Lipinski definition) is 1. The zero-order valence-electron chi connectivity index (χ0n) is 7.79. The molecule has 14 heavy (non-hydrogen) atoms. The van der Waals surface area contributed by atoms with Gasteiger partial charge in [0.1, 0.15) is 0 Å². The number of nitrogens with one attached hydrogen (secondary N) is 1. The van der Waals surface area contributed by atoms with Crippen LogP contribution in [0.1, 0.15) is 24.3 Å². The first-order valence-corrected chi connectivity index (χ1v) is 5.15. The van der Waals surface area contributed by atoms with Gasteiger partial charge in [-0.25, -0.2) is 0 Å². The molecule has 2 nitrogen and oxygen atoms in total. The minimum Gasteiger partial charge on any atom is -0.355 e. The van der Waals surface area contributed by atoms with E-state index >= 15 is 0 Å². The predicted octanol–water partition coefficient (Wildman–Crippen LogP) is 2.33. The largest absolute Gasteiger partial charge is 0.355 e. The fraction of sp³-hybridized carbons (Fsp3) is 0.364. The normalized spacial score (nSPS) is 21.8. The Morgan fingerprint density at radius 1 is 1.29 bits per heavy atom. The van der Waals surface area contributed by atoms with Gasteiger partial charge < -0.3 is 5.32 Å². The molecule has 1 aliphatic rings. The van der Waals surface area contributed by atoms with Crippen molar-refractivity contribution in [1.82, 2.24) is 5.32 Å². The van der Waals surface area contributed by atoms with Gasteiger partial charge in [0.2, 0.25) is 5.91 Å². The Bertz CT molecular complexity index is 324. The molecule has 0 aromatic heterocycles. The summed E-state index contributed by atoms with van der Waals surface area (Å²) in [4.78, 5) is 11.0. The van der Waals surface area contributed by atoms with E-state index < -0.39 is 0 Å². The molecule has 1 amide bonds. The summed E-state index contributed by atoms with van der Waals surface area (Å²) in [5, 5.41) is 3.63. The number of piperidine rings is 1. The number of halogens is 1. The lowest BCUT2D eigenvalue weighted by Gasteiger charge is -2.22. The van der Waals surface area contributed by atoms with Crippen LogP contribution in [0.5, 0.6) is 0 Å². The van der Waals surface area contributed by atoms with E-state index in [1.54, 1.807) is 0 Å². The summed E-state index contributed by atoms with van der Waals surface area (Å²) in [5.41, 5.74) is 1.26. The molecule has 1 N–H and O–H groups in total. The summed E-state index contributed by atoms with van der Waals surface area (Å²) in [6, 6.07) is 7.86. The van der Waals surface area contributed by atoms with Gasteiger partial charge in [-0.1, -0.05) is 23.7 Å². The third-order valence-corrected chi connectivity index (χ3v) is 2.86. The third-order valence-electron chi connectivity index (χ3n) is 2.61. The van der Waals surface area contributed by atoms with Crippen LogP contribution in [0.15, 0.2) is 24.3 Å². The minimum absolute atomic E-state index is 0.162. The van der Waals surface area contributed by atoms with Crippen molar-refractivity contribution in [2.75, 3.05) is 6.54 Å². The third kappa shape index (κ3) is 2.07. The minimum atomic E-state index is 0.162. The highest BCUT2D eigenvalue weighted by molar-refractivity contribution is 6.30. The van der Waals surface area contributed by atoms with Crippen LogP contribution in [0, 0.1) is 0 Å². The Labute approximate surface area is 88.3 Å². The Morgan fingerprint density at radius 3 is 2.57 bits per heavy atom. The Balaban J connectivity index is 2.08. The molecule has 0 spiro atoms. The molecular weight excluding hydrogens is 198 g/mol. The van der Waals surface area contributed by atoms with Gasteiger partial charge in [-0.05, 0) is 24.1 Å². The first kappa shape index (κ1) is 9.53. The van der Waals surface area contributed by atoms with Crippen molar-refractivity contribution >= 4 is 17.5 Å². The molecule has 1 aromatic rings. The Hall–Kier alpha value is -1.02. The molecule has 3 heteroatoms. The van der Waals surface area contributed by atoms with Crippen molar-refractivity contribution in [2.24, 2.45) is 0 Å². The summed E-state index contributed by atoms with van der Waals surface area (Å²) >= 11 is 5.80. The quantitative estimate of drug-likeness (QED) is 0.756. The second kappa shape index (κ2) is 4.01. The Morgan fingerprint density at radius 2 is 2.00 bits per heavy atom. The van der Waals surface area contributed by atoms with Crippen LogP contribution in [-0.4, -0.2) is 12.5 Å². The molecular formula is C11H12ClNO. The highest BCUT2D eigenvalue weighted by Gasteiger charge is 2.18. The first-order chi connectivity index (χ1) is 6.75. The molecule has 1 aromatic carbocycles. The maximum Gasteiger partial charge on any atom is 0.220 e. The van der Waals surface area contributed by atoms with Gasteiger partial charge in [-0.2, -0.15) is 0 Å². The van der Waals surface area contributed by atoms with Gasteiger partial charge in [-0.15, -0.1) is 0 Å². The van der Waals surface area contributed by atoms with Gasteiger partial charge in [0.15, 0.2) is 0 Å². The van der Waals surface area contributed by atoms with E-state index in [1.807, 2.05) is 24.3 Å². The molecule has 0 aliphatic carbocycles. The summed E-state index contributed by atoms with van der Waals surface area (Å²) in [5.74, 6) is 0.611. The molecule has 0 bridgehead atoms. The van der Waals surface area contributed by atoms with Gasteiger partial charge >= 0.3 is 0 Å². The highest BCUT2D eigenvalue weighted by atomic mass is 35.5. The lowest BCUT2D eigenvalue weighted by Crippen LogP contribution is -2.33. The number of benzene rings is 1. The lowest BCUT2D eigenvalue weighted by atomic mass is 9.91.